The zero-order valence-electron chi connectivity index (χ0n) is 20.9. The first kappa shape index (κ1) is 25.7. The molecule has 7 heteroatoms. The van der Waals surface area contributed by atoms with Crippen LogP contribution in [0.3, 0.4) is 0 Å². The third-order valence-corrected chi connectivity index (χ3v) is 6.45. The molecule has 0 N–H and O–H groups in total. The number of methoxy groups -OCH3 is 1. The summed E-state index contributed by atoms with van der Waals surface area (Å²) in [7, 11) is 1.70. The molecule has 1 fully saturated rings. The molecule has 2 atom stereocenters. The zero-order chi connectivity index (χ0) is 24.8. The second kappa shape index (κ2) is 11.5. The number of rotatable bonds is 10. The van der Waals surface area contributed by atoms with Crippen molar-refractivity contribution in [2.24, 2.45) is 17.8 Å². The lowest BCUT2D eigenvalue weighted by atomic mass is 9.87. The monoisotopic (exact) mass is 467 g/mol. The average Bonchev–Trinajstić information content (AvgIpc) is 3.19. The van der Waals surface area contributed by atoms with Gasteiger partial charge in [-0.25, -0.2) is 0 Å². The molecule has 1 saturated heterocycles. The molecule has 0 bridgehead atoms. The van der Waals surface area contributed by atoms with Gasteiger partial charge in [-0.15, -0.1) is 0 Å². The maximum absolute atomic E-state index is 13.0. The number of nitro groups is 1. The number of nitrogens with zero attached hydrogens (tertiary/aromatic N) is 3. The van der Waals surface area contributed by atoms with Gasteiger partial charge in [0.15, 0.2) is 0 Å². The van der Waals surface area contributed by atoms with Crippen LogP contribution in [0.5, 0.6) is 5.75 Å². The molecule has 34 heavy (non-hydrogen) atoms. The van der Waals surface area contributed by atoms with Crippen LogP contribution in [0.1, 0.15) is 44.7 Å². The number of carbonyl (C=O) groups excluding carboxylic acids is 1. The van der Waals surface area contributed by atoms with Crippen LogP contribution >= 0.6 is 0 Å². The second-order valence-electron chi connectivity index (χ2n) is 10.0. The summed E-state index contributed by atoms with van der Waals surface area (Å²) in [5.74, 6) is 1.91. The Kier molecular flexibility index (Phi) is 8.67. The fourth-order valence-corrected chi connectivity index (χ4v) is 4.92. The van der Waals surface area contributed by atoms with Crippen molar-refractivity contribution in [1.29, 1.82) is 0 Å². The highest BCUT2D eigenvalue weighted by Gasteiger charge is 2.37. The van der Waals surface area contributed by atoms with Crippen molar-refractivity contribution in [3.05, 3.63) is 69.8 Å². The van der Waals surface area contributed by atoms with Crippen LogP contribution in [-0.4, -0.2) is 53.9 Å². The van der Waals surface area contributed by atoms with Crippen molar-refractivity contribution >= 4 is 11.6 Å². The number of benzene rings is 2. The molecule has 2 unspecified atom stereocenters. The predicted octanol–water partition coefficient (Wildman–Crippen LogP) is 4.96. The minimum absolute atomic E-state index is 0.0407. The normalized spacial score (nSPS) is 18.4. The molecule has 2 aromatic carbocycles. The lowest BCUT2D eigenvalue weighted by Gasteiger charge is -2.31. The summed E-state index contributed by atoms with van der Waals surface area (Å²) in [5, 5.41) is 11.0. The van der Waals surface area contributed by atoms with Gasteiger partial charge < -0.3 is 9.64 Å². The summed E-state index contributed by atoms with van der Waals surface area (Å²) >= 11 is 0. The molecule has 7 nitrogen and oxygen atoms in total. The van der Waals surface area contributed by atoms with E-state index in [-0.39, 0.29) is 34.3 Å². The molecule has 184 valence electrons. The van der Waals surface area contributed by atoms with Crippen LogP contribution < -0.4 is 4.74 Å². The summed E-state index contributed by atoms with van der Waals surface area (Å²) in [6, 6.07) is 14.9. The number of nitro benzene ring substituents is 1. The van der Waals surface area contributed by atoms with Gasteiger partial charge in [-0.3, -0.25) is 19.8 Å². The smallest absolute Gasteiger partial charge is 0.269 e. The largest absolute Gasteiger partial charge is 0.496 e. The van der Waals surface area contributed by atoms with E-state index in [1.165, 1.54) is 5.56 Å². The molecule has 0 saturated carbocycles. The highest BCUT2D eigenvalue weighted by atomic mass is 16.6. The molecule has 3 rings (SSSR count). The molecular formula is C27H37N3O4. The maximum atomic E-state index is 13.0. The van der Waals surface area contributed by atoms with Gasteiger partial charge in [-0.1, -0.05) is 58.0 Å². The summed E-state index contributed by atoms with van der Waals surface area (Å²) in [5.41, 5.74) is 2.32. The summed E-state index contributed by atoms with van der Waals surface area (Å²) < 4.78 is 5.69. The molecule has 0 aromatic heterocycles. The number of para-hydroxylation sites is 1. The fraction of sp³-hybridized carbons (Fsp3) is 0.519. The molecule has 1 heterocycles. The minimum Gasteiger partial charge on any atom is -0.496 e. The first-order valence-electron chi connectivity index (χ1n) is 12.1. The van der Waals surface area contributed by atoms with E-state index in [1.54, 1.807) is 19.2 Å². The lowest BCUT2D eigenvalue weighted by molar-refractivity contribution is -0.384. The van der Waals surface area contributed by atoms with Crippen LogP contribution in [0.4, 0.5) is 5.69 Å². The highest BCUT2D eigenvalue weighted by Crippen LogP contribution is 2.38. The number of non-ortho nitro benzene ring substituents is 1. The Bertz CT molecular complexity index is 974. The molecule has 0 aliphatic carbocycles. The number of amides is 1. The molecular weight excluding hydrogens is 430 g/mol. The first-order valence-corrected chi connectivity index (χ1v) is 12.1. The number of likely N-dealkylation sites (tertiary alicyclic amines) is 1. The third-order valence-electron chi connectivity index (χ3n) is 6.45. The lowest BCUT2D eigenvalue weighted by Crippen LogP contribution is -2.41. The molecule has 1 aliphatic heterocycles. The number of ether oxygens (including phenoxy) is 1. The topological polar surface area (TPSA) is 75.9 Å². The Morgan fingerprint density at radius 1 is 1.12 bits per heavy atom. The first-order chi connectivity index (χ1) is 16.2. The van der Waals surface area contributed by atoms with Crippen molar-refractivity contribution in [2.75, 3.05) is 33.3 Å². The van der Waals surface area contributed by atoms with Crippen molar-refractivity contribution in [3.8, 4) is 5.75 Å². The van der Waals surface area contributed by atoms with Crippen LogP contribution in [0.15, 0.2) is 48.5 Å². The summed E-state index contributed by atoms with van der Waals surface area (Å²) in [4.78, 5) is 28.1. The van der Waals surface area contributed by atoms with Crippen LogP contribution in [-0.2, 0) is 11.3 Å². The van der Waals surface area contributed by atoms with Crippen LogP contribution in [0.2, 0.25) is 0 Å². The van der Waals surface area contributed by atoms with E-state index >= 15 is 0 Å². The zero-order valence-corrected chi connectivity index (χ0v) is 20.9. The molecule has 2 aromatic rings. The van der Waals surface area contributed by atoms with Gasteiger partial charge in [0.05, 0.1) is 12.0 Å². The van der Waals surface area contributed by atoms with E-state index in [4.69, 9.17) is 4.74 Å². The predicted molar refractivity (Wildman–Crippen MR) is 134 cm³/mol. The van der Waals surface area contributed by atoms with E-state index in [0.717, 1.165) is 30.9 Å². The quantitative estimate of drug-likeness (QED) is 0.365. The van der Waals surface area contributed by atoms with Crippen molar-refractivity contribution in [1.82, 2.24) is 9.80 Å². The van der Waals surface area contributed by atoms with E-state index in [9.17, 15) is 14.9 Å². The SMILES string of the molecule is COc1ccccc1C1CN(Cc2ccc([N+](=O)[O-])cc2)CC1CN(CC(C)C)C(=O)C(C)C. The van der Waals surface area contributed by atoms with Gasteiger partial charge in [0.1, 0.15) is 5.75 Å². The Hall–Kier alpha value is -2.93. The number of hydrogen-bond acceptors (Lipinski definition) is 5. The Labute approximate surface area is 202 Å². The molecule has 1 aliphatic rings. The molecule has 0 radical (unpaired) electrons. The number of hydrogen-bond donors (Lipinski definition) is 0. The van der Waals surface area contributed by atoms with Crippen LogP contribution in [0.25, 0.3) is 0 Å². The molecule has 1 amide bonds. The second-order valence-corrected chi connectivity index (χ2v) is 10.0. The van der Waals surface area contributed by atoms with Gasteiger partial charge >= 0.3 is 0 Å². The fourth-order valence-electron chi connectivity index (χ4n) is 4.92. The Morgan fingerprint density at radius 2 is 1.79 bits per heavy atom. The van der Waals surface area contributed by atoms with Crippen molar-refractivity contribution in [3.63, 3.8) is 0 Å². The summed E-state index contributed by atoms with van der Waals surface area (Å²) in [6.45, 7) is 12.1. The molecule has 0 spiro atoms. The summed E-state index contributed by atoms with van der Waals surface area (Å²) in [6.07, 6.45) is 0. The average molecular weight is 468 g/mol. The van der Waals surface area contributed by atoms with Gasteiger partial charge in [0.2, 0.25) is 5.91 Å². The van der Waals surface area contributed by atoms with Crippen LogP contribution in [0, 0.1) is 27.9 Å². The standard InChI is InChI=1S/C27H37N3O4/c1-19(2)14-29(27(31)20(3)4)17-22-16-28(15-21-10-12-23(13-11-21)30(32)33)18-25(22)24-8-6-7-9-26(24)34-5/h6-13,19-20,22,25H,14-18H2,1-5H3. The maximum Gasteiger partial charge on any atom is 0.269 e. The highest BCUT2D eigenvalue weighted by molar-refractivity contribution is 5.78. The van der Waals surface area contributed by atoms with E-state index in [2.05, 4.69) is 24.8 Å². The minimum atomic E-state index is -0.373. The van der Waals surface area contributed by atoms with E-state index < -0.39 is 0 Å². The van der Waals surface area contributed by atoms with Gasteiger partial charge in [0.25, 0.3) is 5.69 Å². The Balaban J connectivity index is 1.85. The van der Waals surface area contributed by atoms with Crippen molar-refractivity contribution in [2.45, 2.75) is 40.2 Å². The number of carbonyl (C=O) groups is 1. The third kappa shape index (κ3) is 6.35. The van der Waals surface area contributed by atoms with E-state index in [1.807, 2.05) is 49.1 Å². The van der Waals surface area contributed by atoms with Gasteiger partial charge in [-0.2, -0.15) is 0 Å². The van der Waals surface area contributed by atoms with Crippen molar-refractivity contribution < 1.29 is 14.5 Å². The van der Waals surface area contributed by atoms with Gasteiger partial charge in [-0.05, 0) is 29.0 Å². The van der Waals surface area contributed by atoms with E-state index in [0.29, 0.717) is 19.0 Å². The Morgan fingerprint density at radius 3 is 2.38 bits per heavy atom. The van der Waals surface area contributed by atoms with Gasteiger partial charge in [0, 0.05) is 56.7 Å².